The minimum absolute atomic E-state index is 0.143. The van der Waals surface area contributed by atoms with Gasteiger partial charge in [0.25, 0.3) is 11.8 Å². The molecule has 3 aromatic rings. The summed E-state index contributed by atoms with van der Waals surface area (Å²) in [5, 5.41) is 5.42. The van der Waals surface area contributed by atoms with Gasteiger partial charge in [0.15, 0.2) is 0 Å². The predicted molar refractivity (Wildman–Crippen MR) is 130 cm³/mol. The first-order valence-corrected chi connectivity index (χ1v) is 12.3. The van der Waals surface area contributed by atoms with Gasteiger partial charge in [0, 0.05) is 24.2 Å². The van der Waals surface area contributed by atoms with E-state index in [1.807, 2.05) is 36.4 Å². The minimum Gasteiger partial charge on any atom is -0.496 e. The van der Waals surface area contributed by atoms with Gasteiger partial charge in [0.05, 0.1) is 12.0 Å². The number of hydrogen-bond acceptors (Lipinski definition) is 5. The van der Waals surface area contributed by atoms with Gasteiger partial charge in [-0.3, -0.25) is 9.59 Å². The Kier molecular flexibility index (Phi) is 6.79. The standard InChI is InChI=1S/C26H24N2O5S/c1-33-22-9-4-3-8-21(22)18-11-13-19(14-12-18)25(29)27-15-6-16-28-26(30)24-17-20-7-2-5-10-23(20)34(24,31)32/h2-5,7-14,17H,6,15-16H2,1H3,(H,27,29)(H,28,30). The maximum atomic E-state index is 12.5. The topological polar surface area (TPSA) is 102 Å². The van der Waals surface area contributed by atoms with Crippen LogP contribution < -0.4 is 15.4 Å². The number of ether oxygens (including phenoxy) is 1. The molecule has 0 spiro atoms. The Balaban J connectivity index is 1.25. The third-order valence-corrected chi connectivity index (χ3v) is 7.33. The van der Waals surface area contributed by atoms with Crippen LogP contribution in [0.3, 0.4) is 0 Å². The lowest BCUT2D eigenvalue weighted by molar-refractivity contribution is -0.116. The van der Waals surface area contributed by atoms with Gasteiger partial charge in [-0.2, -0.15) is 0 Å². The monoisotopic (exact) mass is 476 g/mol. The number of nitrogens with one attached hydrogen (secondary N) is 2. The Bertz CT molecular complexity index is 1360. The van der Waals surface area contributed by atoms with Crippen LogP contribution in [0.2, 0.25) is 0 Å². The van der Waals surface area contributed by atoms with Crippen molar-refractivity contribution in [3.05, 3.63) is 88.8 Å². The SMILES string of the molecule is COc1ccccc1-c1ccc(C(=O)NCCCNC(=O)C2=Cc3ccccc3S2(=O)=O)cc1. The first-order chi connectivity index (χ1) is 16.4. The average Bonchev–Trinajstić information content (AvgIpc) is 3.14. The van der Waals surface area contributed by atoms with Gasteiger partial charge in [-0.25, -0.2) is 8.42 Å². The lowest BCUT2D eigenvalue weighted by Crippen LogP contribution is -2.31. The molecule has 4 rings (SSSR count). The summed E-state index contributed by atoms with van der Waals surface area (Å²) in [6.45, 7) is 0.564. The smallest absolute Gasteiger partial charge is 0.263 e. The van der Waals surface area contributed by atoms with E-state index in [0.717, 1.165) is 16.9 Å². The number of para-hydroxylation sites is 1. The normalized spacial score (nSPS) is 13.5. The van der Waals surface area contributed by atoms with Crippen molar-refractivity contribution in [3.63, 3.8) is 0 Å². The number of carbonyl (C=O) groups excluding carboxylic acids is 2. The Hall–Kier alpha value is -3.91. The van der Waals surface area contributed by atoms with Gasteiger partial charge >= 0.3 is 0 Å². The molecule has 2 amide bonds. The van der Waals surface area contributed by atoms with Crippen LogP contribution in [0.4, 0.5) is 0 Å². The summed E-state index contributed by atoms with van der Waals surface area (Å²) in [6, 6.07) is 21.4. The third-order valence-electron chi connectivity index (χ3n) is 5.50. The van der Waals surface area contributed by atoms with Gasteiger partial charge in [-0.05, 0) is 47.9 Å². The number of rotatable bonds is 8. The van der Waals surface area contributed by atoms with E-state index in [2.05, 4.69) is 10.6 Å². The molecule has 0 aromatic heterocycles. The molecule has 7 nitrogen and oxygen atoms in total. The molecule has 0 radical (unpaired) electrons. The van der Waals surface area contributed by atoms with Crippen LogP contribution in [-0.4, -0.2) is 40.4 Å². The number of benzene rings is 3. The summed E-state index contributed by atoms with van der Waals surface area (Å²) < 4.78 is 30.4. The van der Waals surface area contributed by atoms with Crippen molar-refractivity contribution in [2.75, 3.05) is 20.2 Å². The van der Waals surface area contributed by atoms with Crippen molar-refractivity contribution < 1.29 is 22.7 Å². The zero-order valence-electron chi connectivity index (χ0n) is 18.6. The van der Waals surface area contributed by atoms with Gasteiger partial charge in [-0.15, -0.1) is 0 Å². The predicted octanol–water partition coefficient (Wildman–Crippen LogP) is 3.43. The highest BCUT2D eigenvalue weighted by Crippen LogP contribution is 2.32. The van der Waals surface area contributed by atoms with E-state index in [1.165, 1.54) is 12.1 Å². The molecule has 1 aliphatic rings. The van der Waals surface area contributed by atoms with E-state index in [1.54, 1.807) is 37.4 Å². The van der Waals surface area contributed by atoms with Gasteiger partial charge in [0.2, 0.25) is 9.84 Å². The van der Waals surface area contributed by atoms with E-state index in [9.17, 15) is 18.0 Å². The molecule has 0 unspecified atom stereocenters. The van der Waals surface area contributed by atoms with Crippen LogP contribution in [-0.2, 0) is 14.6 Å². The summed E-state index contributed by atoms with van der Waals surface area (Å²) >= 11 is 0. The molecule has 2 N–H and O–H groups in total. The van der Waals surface area contributed by atoms with E-state index in [-0.39, 0.29) is 22.3 Å². The molecule has 8 heteroatoms. The van der Waals surface area contributed by atoms with E-state index in [4.69, 9.17) is 4.74 Å². The summed E-state index contributed by atoms with van der Waals surface area (Å²) in [5.74, 6) is -0.115. The summed E-state index contributed by atoms with van der Waals surface area (Å²) in [4.78, 5) is 24.7. The Morgan fingerprint density at radius 3 is 2.18 bits per heavy atom. The molecule has 0 saturated carbocycles. The second-order valence-corrected chi connectivity index (χ2v) is 9.58. The fraction of sp³-hybridized carbons (Fsp3) is 0.154. The second-order valence-electron chi connectivity index (χ2n) is 7.69. The molecule has 34 heavy (non-hydrogen) atoms. The van der Waals surface area contributed by atoms with Gasteiger partial charge in [0.1, 0.15) is 10.7 Å². The fourth-order valence-corrected chi connectivity index (χ4v) is 5.27. The Morgan fingerprint density at radius 2 is 1.47 bits per heavy atom. The fourth-order valence-electron chi connectivity index (χ4n) is 3.74. The lowest BCUT2D eigenvalue weighted by atomic mass is 10.0. The molecular formula is C26H24N2O5S. The number of fused-ring (bicyclic) bond motifs is 1. The van der Waals surface area contributed by atoms with Crippen molar-refractivity contribution in [2.24, 2.45) is 0 Å². The van der Waals surface area contributed by atoms with Crippen LogP contribution in [0.1, 0.15) is 22.3 Å². The molecule has 0 saturated heterocycles. The molecule has 0 fully saturated rings. The molecule has 1 heterocycles. The zero-order valence-corrected chi connectivity index (χ0v) is 19.4. The molecule has 174 valence electrons. The first kappa shape index (κ1) is 23.3. The third kappa shape index (κ3) is 4.72. The van der Waals surface area contributed by atoms with Crippen molar-refractivity contribution in [3.8, 4) is 16.9 Å². The van der Waals surface area contributed by atoms with Crippen LogP contribution in [0.25, 0.3) is 17.2 Å². The molecule has 1 aliphatic heterocycles. The van der Waals surface area contributed by atoms with Gasteiger partial charge < -0.3 is 15.4 Å². The molecule has 0 aliphatic carbocycles. The number of amides is 2. The number of sulfone groups is 1. The van der Waals surface area contributed by atoms with E-state index < -0.39 is 15.7 Å². The highest BCUT2D eigenvalue weighted by Gasteiger charge is 2.33. The van der Waals surface area contributed by atoms with Crippen LogP contribution in [0, 0.1) is 0 Å². The minimum atomic E-state index is -3.79. The number of carbonyl (C=O) groups is 2. The van der Waals surface area contributed by atoms with Crippen molar-refractivity contribution in [1.29, 1.82) is 0 Å². The van der Waals surface area contributed by atoms with Crippen LogP contribution in [0.15, 0.2) is 82.6 Å². The highest BCUT2D eigenvalue weighted by atomic mass is 32.2. The summed E-state index contributed by atoms with van der Waals surface area (Å²) in [6.07, 6.45) is 1.84. The largest absolute Gasteiger partial charge is 0.496 e. The molecule has 0 atom stereocenters. The average molecular weight is 477 g/mol. The van der Waals surface area contributed by atoms with Crippen molar-refractivity contribution >= 4 is 27.7 Å². The van der Waals surface area contributed by atoms with E-state index >= 15 is 0 Å². The lowest BCUT2D eigenvalue weighted by Gasteiger charge is -2.10. The molecule has 3 aromatic carbocycles. The second kappa shape index (κ2) is 9.93. The van der Waals surface area contributed by atoms with Crippen LogP contribution >= 0.6 is 0 Å². The van der Waals surface area contributed by atoms with Crippen molar-refractivity contribution in [2.45, 2.75) is 11.3 Å². The Morgan fingerprint density at radius 1 is 0.824 bits per heavy atom. The zero-order chi connectivity index (χ0) is 24.1. The quantitative estimate of drug-likeness (QED) is 0.485. The summed E-state index contributed by atoms with van der Waals surface area (Å²) in [5.41, 5.74) is 2.91. The summed E-state index contributed by atoms with van der Waals surface area (Å²) in [7, 11) is -2.18. The Labute approximate surface area is 198 Å². The van der Waals surface area contributed by atoms with Crippen molar-refractivity contribution in [1.82, 2.24) is 10.6 Å². The maximum Gasteiger partial charge on any atom is 0.263 e. The first-order valence-electron chi connectivity index (χ1n) is 10.8. The number of methoxy groups -OCH3 is 1. The number of hydrogen-bond donors (Lipinski definition) is 2. The molecule has 0 bridgehead atoms. The van der Waals surface area contributed by atoms with Gasteiger partial charge in [-0.1, -0.05) is 48.5 Å². The van der Waals surface area contributed by atoms with E-state index in [0.29, 0.717) is 24.1 Å². The highest BCUT2D eigenvalue weighted by molar-refractivity contribution is 7.96. The van der Waals surface area contributed by atoms with Crippen LogP contribution in [0.5, 0.6) is 5.75 Å². The molecular weight excluding hydrogens is 452 g/mol. The maximum absolute atomic E-state index is 12.5.